The van der Waals surface area contributed by atoms with Crippen LogP contribution in [0.15, 0.2) is 0 Å². The van der Waals surface area contributed by atoms with Gasteiger partial charge in [-0.1, -0.05) is 25.7 Å². The molecule has 2 aliphatic carbocycles. The lowest BCUT2D eigenvalue weighted by Crippen LogP contribution is -2.44. The van der Waals surface area contributed by atoms with Crippen LogP contribution in [0.2, 0.25) is 0 Å². The summed E-state index contributed by atoms with van der Waals surface area (Å²) >= 11 is 0. The third-order valence-electron chi connectivity index (χ3n) is 5.32. The van der Waals surface area contributed by atoms with Crippen molar-refractivity contribution in [1.29, 1.82) is 0 Å². The predicted octanol–water partition coefficient (Wildman–Crippen LogP) is 1.87. The van der Waals surface area contributed by atoms with Crippen LogP contribution in [-0.4, -0.2) is 24.4 Å². The third kappa shape index (κ3) is 5.13. The largest absolute Gasteiger partial charge is 0.369 e. The minimum absolute atomic E-state index is 0. The minimum Gasteiger partial charge on any atom is -0.369 e. The maximum atomic E-state index is 12.3. The van der Waals surface area contributed by atoms with Gasteiger partial charge in [-0.2, -0.15) is 0 Å². The van der Waals surface area contributed by atoms with Gasteiger partial charge in [0.05, 0.1) is 0 Å². The third-order valence-corrected chi connectivity index (χ3v) is 5.32. The van der Waals surface area contributed by atoms with Gasteiger partial charge in [0.2, 0.25) is 11.8 Å². The van der Waals surface area contributed by atoms with Crippen LogP contribution in [0.4, 0.5) is 0 Å². The van der Waals surface area contributed by atoms with E-state index in [1.165, 1.54) is 19.3 Å². The molecule has 0 bridgehead atoms. The molecule has 0 aromatic heterocycles. The molecular weight excluding hydrogens is 302 g/mol. The Morgan fingerprint density at radius 1 is 1.09 bits per heavy atom. The monoisotopic (exact) mass is 331 g/mol. The SMILES string of the molecule is Cl.NCC1(CC(=O)NC2CCCC(C(N)=O)C2)CCCCC1. The van der Waals surface area contributed by atoms with Gasteiger partial charge in [0, 0.05) is 18.4 Å². The number of hydrogen-bond donors (Lipinski definition) is 3. The van der Waals surface area contributed by atoms with Crippen molar-refractivity contribution in [3.8, 4) is 0 Å². The van der Waals surface area contributed by atoms with Crippen LogP contribution < -0.4 is 16.8 Å². The van der Waals surface area contributed by atoms with Crippen LogP contribution in [-0.2, 0) is 9.59 Å². The first-order valence-corrected chi connectivity index (χ1v) is 8.33. The number of nitrogens with one attached hydrogen (secondary N) is 1. The maximum absolute atomic E-state index is 12.3. The van der Waals surface area contributed by atoms with Gasteiger partial charge in [-0.05, 0) is 44.1 Å². The van der Waals surface area contributed by atoms with E-state index in [0.717, 1.165) is 32.1 Å². The van der Waals surface area contributed by atoms with Gasteiger partial charge in [-0.15, -0.1) is 12.4 Å². The fourth-order valence-electron chi connectivity index (χ4n) is 3.95. The number of amides is 2. The van der Waals surface area contributed by atoms with Crippen LogP contribution in [0, 0.1) is 11.3 Å². The van der Waals surface area contributed by atoms with Crippen molar-refractivity contribution in [3.63, 3.8) is 0 Å². The molecule has 2 aliphatic rings. The molecule has 128 valence electrons. The number of hydrogen-bond acceptors (Lipinski definition) is 3. The number of carbonyl (C=O) groups is 2. The molecule has 5 nitrogen and oxygen atoms in total. The summed E-state index contributed by atoms with van der Waals surface area (Å²) in [6.45, 7) is 0.592. The summed E-state index contributed by atoms with van der Waals surface area (Å²) < 4.78 is 0. The van der Waals surface area contributed by atoms with Gasteiger partial charge in [-0.25, -0.2) is 0 Å². The van der Waals surface area contributed by atoms with Crippen molar-refractivity contribution in [1.82, 2.24) is 5.32 Å². The molecule has 0 aromatic rings. The molecule has 5 N–H and O–H groups in total. The summed E-state index contributed by atoms with van der Waals surface area (Å²) in [7, 11) is 0. The number of nitrogens with two attached hydrogens (primary N) is 2. The van der Waals surface area contributed by atoms with E-state index in [2.05, 4.69) is 5.32 Å². The number of primary amides is 1. The molecule has 2 atom stereocenters. The quantitative estimate of drug-likeness (QED) is 0.717. The Kier molecular flexibility index (Phi) is 7.63. The van der Waals surface area contributed by atoms with E-state index in [1.54, 1.807) is 0 Å². The summed E-state index contributed by atoms with van der Waals surface area (Å²) in [4.78, 5) is 23.6. The highest BCUT2D eigenvalue weighted by Crippen LogP contribution is 2.38. The van der Waals surface area contributed by atoms with Crippen molar-refractivity contribution in [2.45, 2.75) is 70.3 Å². The summed E-state index contributed by atoms with van der Waals surface area (Å²) in [6.07, 6.45) is 9.72. The topological polar surface area (TPSA) is 98.2 Å². The Labute approximate surface area is 139 Å². The standard InChI is InChI=1S/C16H29N3O2.ClH/c17-11-16(7-2-1-3-8-16)10-14(20)19-13-6-4-5-12(9-13)15(18)21;/h12-13H,1-11,17H2,(H2,18,21)(H,19,20);1H. The first kappa shape index (κ1) is 19.2. The summed E-state index contributed by atoms with van der Waals surface area (Å²) in [5.74, 6) is -0.223. The van der Waals surface area contributed by atoms with Crippen LogP contribution in [0.25, 0.3) is 0 Å². The second kappa shape index (κ2) is 8.73. The van der Waals surface area contributed by atoms with Crippen molar-refractivity contribution in [3.05, 3.63) is 0 Å². The molecular formula is C16H30ClN3O2. The summed E-state index contributed by atoms with van der Waals surface area (Å²) in [6, 6.07) is 0.0992. The Bertz CT molecular complexity index is 384. The van der Waals surface area contributed by atoms with Crippen molar-refractivity contribution in [2.24, 2.45) is 22.8 Å². The Morgan fingerprint density at radius 2 is 1.77 bits per heavy atom. The van der Waals surface area contributed by atoms with Gasteiger partial charge in [0.1, 0.15) is 0 Å². The smallest absolute Gasteiger partial charge is 0.220 e. The number of carbonyl (C=O) groups excluding carboxylic acids is 2. The van der Waals surface area contributed by atoms with Gasteiger partial charge in [-0.3, -0.25) is 9.59 Å². The zero-order valence-electron chi connectivity index (χ0n) is 13.3. The molecule has 2 saturated carbocycles. The summed E-state index contributed by atoms with van der Waals surface area (Å²) in [5.41, 5.74) is 11.3. The lowest BCUT2D eigenvalue weighted by atomic mass is 9.71. The lowest BCUT2D eigenvalue weighted by Gasteiger charge is -2.36. The fourth-order valence-corrected chi connectivity index (χ4v) is 3.95. The second-order valence-electron chi connectivity index (χ2n) is 6.97. The van der Waals surface area contributed by atoms with E-state index in [0.29, 0.717) is 19.4 Å². The van der Waals surface area contributed by atoms with E-state index in [1.807, 2.05) is 0 Å². The van der Waals surface area contributed by atoms with E-state index < -0.39 is 0 Å². The Balaban J connectivity index is 0.00000242. The van der Waals surface area contributed by atoms with Gasteiger partial charge in [0.15, 0.2) is 0 Å². The van der Waals surface area contributed by atoms with E-state index >= 15 is 0 Å². The highest BCUT2D eigenvalue weighted by molar-refractivity contribution is 5.85. The molecule has 0 spiro atoms. The van der Waals surface area contributed by atoms with Gasteiger partial charge < -0.3 is 16.8 Å². The Hall–Kier alpha value is -0.810. The summed E-state index contributed by atoms with van der Waals surface area (Å²) in [5, 5.41) is 3.11. The van der Waals surface area contributed by atoms with Crippen molar-refractivity contribution in [2.75, 3.05) is 6.54 Å². The van der Waals surface area contributed by atoms with Gasteiger partial charge in [0.25, 0.3) is 0 Å². The van der Waals surface area contributed by atoms with Crippen molar-refractivity contribution >= 4 is 24.2 Å². The molecule has 2 fully saturated rings. The Morgan fingerprint density at radius 3 is 2.36 bits per heavy atom. The van der Waals surface area contributed by atoms with Crippen LogP contribution >= 0.6 is 12.4 Å². The van der Waals surface area contributed by atoms with E-state index in [-0.39, 0.29) is 41.6 Å². The number of halogens is 1. The van der Waals surface area contributed by atoms with Gasteiger partial charge >= 0.3 is 0 Å². The molecule has 22 heavy (non-hydrogen) atoms. The molecule has 0 heterocycles. The first-order valence-electron chi connectivity index (χ1n) is 8.33. The molecule has 0 radical (unpaired) electrons. The fraction of sp³-hybridized carbons (Fsp3) is 0.875. The zero-order valence-corrected chi connectivity index (χ0v) is 14.1. The highest BCUT2D eigenvalue weighted by Gasteiger charge is 2.34. The average molecular weight is 332 g/mol. The second-order valence-corrected chi connectivity index (χ2v) is 6.97. The molecule has 2 amide bonds. The van der Waals surface area contributed by atoms with Crippen LogP contribution in [0.1, 0.15) is 64.2 Å². The van der Waals surface area contributed by atoms with Crippen LogP contribution in [0.5, 0.6) is 0 Å². The maximum Gasteiger partial charge on any atom is 0.220 e. The molecule has 2 rings (SSSR count). The zero-order chi connectivity index (χ0) is 15.3. The molecule has 6 heteroatoms. The van der Waals surface area contributed by atoms with Crippen LogP contribution in [0.3, 0.4) is 0 Å². The average Bonchev–Trinajstić information content (AvgIpc) is 2.48. The van der Waals surface area contributed by atoms with E-state index in [9.17, 15) is 9.59 Å². The first-order chi connectivity index (χ1) is 10.0. The molecule has 0 aliphatic heterocycles. The highest BCUT2D eigenvalue weighted by atomic mass is 35.5. The molecule has 0 aromatic carbocycles. The molecule has 2 unspecified atom stereocenters. The molecule has 0 saturated heterocycles. The predicted molar refractivity (Wildman–Crippen MR) is 89.5 cm³/mol. The number of rotatable bonds is 5. The lowest BCUT2D eigenvalue weighted by molar-refractivity contribution is -0.127. The minimum atomic E-state index is -0.236. The van der Waals surface area contributed by atoms with Crippen molar-refractivity contribution < 1.29 is 9.59 Å². The van der Waals surface area contributed by atoms with E-state index in [4.69, 9.17) is 11.5 Å². The normalized spacial score (nSPS) is 27.5.